The van der Waals surface area contributed by atoms with Gasteiger partial charge in [-0.25, -0.2) is 9.98 Å². The van der Waals surface area contributed by atoms with Gasteiger partial charge in [0.1, 0.15) is 12.4 Å². The van der Waals surface area contributed by atoms with Gasteiger partial charge in [0.25, 0.3) is 0 Å². The Morgan fingerprint density at radius 3 is 2.86 bits per heavy atom. The van der Waals surface area contributed by atoms with E-state index in [1.54, 1.807) is 7.11 Å². The number of nitrogens with one attached hydrogen (secondary N) is 2. The van der Waals surface area contributed by atoms with E-state index in [4.69, 9.17) is 4.74 Å². The largest absolute Gasteiger partial charge is 0.385 e. The van der Waals surface area contributed by atoms with Crippen LogP contribution in [-0.4, -0.2) is 42.3 Å². The number of halogens is 3. The number of hydrogen-bond acceptors (Lipinski definition) is 3. The van der Waals surface area contributed by atoms with E-state index < -0.39 is 6.55 Å². The molecule has 6 nitrogen and oxygen atoms in total. The molecule has 122 valence electrons. The van der Waals surface area contributed by atoms with Crippen LogP contribution >= 0.6 is 24.0 Å². The molecule has 0 aromatic carbocycles. The molecule has 2 N–H and O–H groups in total. The summed E-state index contributed by atoms with van der Waals surface area (Å²) in [5, 5.41) is 6.15. The highest BCUT2D eigenvalue weighted by atomic mass is 127. The SMILES string of the molecule is CCNC(=NCc1nccn1C(F)F)NCCCOC.I. The minimum absolute atomic E-state index is 0. The molecule has 0 aliphatic rings. The van der Waals surface area contributed by atoms with E-state index >= 15 is 0 Å². The maximum Gasteiger partial charge on any atom is 0.319 e. The summed E-state index contributed by atoms with van der Waals surface area (Å²) in [4.78, 5) is 8.11. The first-order valence-electron chi connectivity index (χ1n) is 6.50. The predicted octanol–water partition coefficient (Wildman–Crippen LogP) is 1.99. The summed E-state index contributed by atoms with van der Waals surface area (Å²) in [6, 6.07) is 0. The van der Waals surface area contributed by atoms with Crippen LogP contribution in [0.4, 0.5) is 8.78 Å². The smallest absolute Gasteiger partial charge is 0.319 e. The summed E-state index contributed by atoms with van der Waals surface area (Å²) in [7, 11) is 1.64. The van der Waals surface area contributed by atoms with Crippen molar-refractivity contribution in [3.8, 4) is 0 Å². The number of rotatable bonds is 8. The third-order valence-corrected chi connectivity index (χ3v) is 2.50. The van der Waals surface area contributed by atoms with E-state index in [1.807, 2.05) is 6.92 Å². The van der Waals surface area contributed by atoms with Crippen LogP contribution in [0, 0.1) is 0 Å². The molecule has 1 aromatic heterocycles. The number of nitrogens with zero attached hydrogens (tertiary/aromatic N) is 3. The summed E-state index contributed by atoms with van der Waals surface area (Å²) < 4.78 is 31.1. The molecule has 0 aliphatic carbocycles. The molecule has 1 aromatic rings. The molecule has 0 amide bonds. The maximum absolute atomic E-state index is 12.7. The van der Waals surface area contributed by atoms with Crippen LogP contribution in [0.3, 0.4) is 0 Å². The monoisotopic (exact) mass is 417 g/mol. The Labute approximate surface area is 140 Å². The van der Waals surface area contributed by atoms with Crippen LogP contribution in [0.5, 0.6) is 0 Å². The number of imidazole rings is 1. The van der Waals surface area contributed by atoms with Gasteiger partial charge < -0.3 is 15.4 Å². The minimum Gasteiger partial charge on any atom is -0.385 e. The molecule has 1 rings (SSSR count). The van der Waals surface area contributed by atoms with Crippen molar-refractivity contribution in [3.63, 3.8) is 0 Å². The first-order valence-corrected chi connectivity index (χ1v) is 6.50. The summed E-state index contributed by atoms with van der Waals surface area (Å²) in [5.41, 5.74) is 0. The van der Waals surface area contributed by atoms with Crippen LogP contribution < -0.4 is 10.6 Å². The third-order valence-electron chi connectivity index (χ3n) is 2.50. The fourth-order valence-corrected chi connectivity index (χ4v) is 1.56. The number of hydrogen-bond donors (Lipinski definition) is 2. The van der Waals surface area contributed by atoms with Gasteiger partial charge in [0.05, 0.1) is 0 Å². The summed E-state index contributed by atoms with van der Waals surface area (Å²) in [6.45, 7) is 1.48. The molecule has 0 spiro atoms. The van der Waals surface area contributed by atoms with Gasteiger partial charge in [-0.05, 0) is 13.3 Å². The second kappa shape index (κ2) is 11.7. The lowest BCUT2D eigenvalue weighted by atomic mass is 10.4. The molecule has 9 heteroatoms. The number of ether oxygens (including phenoxy) is 1. The van der Waals surface area contributed by atoms with Crippen molar-refractivity contribution in [3.05, 3.63) is 18.2 Å². The van der Waals surface area contributed by atoms with Crippen molar-refractivity contribution < 1.29 is 13.5 Å². The molecule has 1 heterocycles. The van der Waals surface area contributed by atoms with Gasteiger partial charge in [-0.1, -0.05) is 0 Å². The second-order valence-corrected chi connectivity index (χ2v) is 4.00. The van der Waals surface area contributed by atoms with Crippen molar-refractivity contribution in [2.24, 2.45) is 4.99 Å². The lowest BCUT2D eigenvalue weighted by Gasteiger charge is -2.11. The van der Waals surface area contributed by atoms with Crippen molar-refractivity contribution >= 4 is 29.9 Å². The standard InChI is InChI=1S/C12H21F2N5O.HI/c1-3-15-12(17-5-4-8-20-2)18-9-10-16-6-7-19(10)11(13)14;/h6-7,11H,3-5,8-9H2,1-2H3,(H2,15,17,18);1H. The molecule has 0 radical (unpaired) electrons. The van der Waals surface area contributed by atoms with Crippen molar-refractivity contribution in [1.29, 1.82) is 0 Å². The minimum atomic E-state index is -2.60. The molecule has 0 atom stereocenters. The Bertz CT molecular complexity index is 414. The average molecular weight is 417 g/mol. The average Bonchev–Trinajstić information content (AvgIpc) is 2.89. The molecular formula is C12H22F2IN5O. The van der Waals surface area contributed by atoms with Crippen LogP contribution in [0.2, 0.25) is 0 Å². The lowest BCUT2D eigenvalue weighted by molar-refractivity contribution is 0.0671. The van der Waals surface area contributed by atoms with E-state index in [0.717, 1.165) is 11.0 Å². The van der Waals surface area contributed by atoms with Gasteiger partial charge in [0, 0.05) is 39.2 Å². The molecular weight excluding hydrogens is 395 g/mol. The Morgan fingerprint density at radius 2 is 2.24 bits per heavy atom. The summed E-state index contributed by atoms with van der Waals surface area (Å²) in [6.07, 6.45) is 3.43. The lowest BCUT2D eigenvalue weighted by Crippen LogP contribution is -2.38. The second-order valence-electron chi connectivity index (χ2n) is 4.00. The van der Waals surface area contributed by atoms with Crippen molar-refractivity contribution in [2.75, 3.05) is 26.8 Å². The first kappa shape index (κ1) is 20.0. The van der Waals surface area contributed by atoms with Crippen molar-refractivity contribution in [1.82, 2.24) is 20.2 Å². The number of methoxy groups -OCH3 is 1. The molecule has 0 bridgehead atoms. The topological polar surface area (TPSA) is 63.5 Å². The number of aromatic nitrogens is 2. The van der Waals surface area contributed by atoms with Gasteiger partial charge in [-0.15, -0.1) is 24.0 Å². The molecule has 0 saturated carbocycles. The highest BCUT2D eigenvalue weighted by Gasteiger charge is 2.10. The highest BCUT2D eigenvalue weighted by molar-refractivity contribution is 14.0. The zero-order valence-electron chi connectivity index (χ0n) is 12.2. The van der Waals surface area contributed by atoms with Crippen LogP contribution in [0.15, 0.2) is 17.4 Å². The zero-order chi connectivity index (χ0) is 14.8. The molecule has 0 fully saturated rings. The van der Waals surface area contributed by atoms with Crippen LogP contribution in [-0.2, 0) is 11.3 Å². The predicted molar refractivity (Wildman–Crippen MR) is 88.2 cm³/mol. The Balaban J connectivity index is 0.00000400. The maximum atomic E-state index is 12.7. The number of aliphatic imine (C=N–C) groups is 1. The van der Waals surface area contributed by atoms with Crippen molar-refractivity contribution in [2.45, 2.75) is 26.4 Å². The van der Waals surface area contributed by atoms with Crippen LogP contribution in [0.25, 0.3) is 0 Å². The Hall–Kier alpha value is -0.970. The summed E-state index contributed by atoms with van der Waals surface area (Å²) in [5.74, 6) is 0.807. The first-order chi connectivity index (χ1) is 9.69. The zero-order valence-corrected chi connectivity index (χ0v) is 14.5. The number of guanidine groups is 1. The molecule has 0 unspecified atom stereocenters. The van der Waals surface area contributed by atoms with Gasteiger partial charge in [0.15, 0.2) is 5.96 Å². The third kappa shape index (κ3) is 7.55. The van der Waals surface area contributed by atoms with Gasteiger partial charge in [-0.2, -0.15) is 8.78 Å². The van der Waals surface area contributed by atoms with Gasteiger partial charge in [0.2, 0.25) is 0 Å². The molecule has 0 saturated heterocycles. The van der Waals surface area contributed by atoms with Crippen LogP contribution in [0.1, 0.15) is 25.7 Å². The van der Waals surface area contributed by atoms with Gasteiger partial charge in [-0.3, -0.25) is 4.57 Å². The Morgan fingerprint density at radius 1 is 1.48 bits per heavy atom. The highest BCUT2D eigenvalue weighted by Crippen LogP contribution is 2.12. The van der Waals surface area contributed by atoms with E-state index in [2.05, 4.69) is 20.6 Å². The van der Waals surface area contributed by atoms with E-state index in [9.17, 15) is 8.78 Å². The molecule has 21 heavy (non-hydrogen) atoms. The fraction of sp³-hybridized carbons (Fsp3) is 0.667. The van der Waals surface area contributed by atoms with E-state index in [0.29, 0.717) is 25.7 Å². The fourth-order valence-electron chi connectivity index (χ4n) is 1.56. The quantitative estimate of drug-likeness (QED) is 0.294. The summed E-state index contributed by atoms with van der Waals surface area (Å²) >= 11 is 0. The number of alkyl halides is 2. The van der Waals surface area contributed by atoms with E-state index in [-0.39, 0.29) is 36.3 Å². The molecule has 0 aliphatic heterocycles. The Kier molecular flexibility index (Phi) is 11.1. The normalized spacial score (nSPS) is 11.4. The van der Waals surface area contributed by atoms with Gasteiger partial charge >= 0.3 is 6.55 Å². The van der Waals surface area contributed by atoms with E-state index in [1.165, 1.54) is 12.4 Å².